The maximum absolute atomic E-state index is 12.6. The number of amides is 1. The van der Waals surface area contributed by atoms with Gasteiger partial charge in [0.2, 0.25) is 5.91 Å². The fourth-order valence-electron chi connectivity index (χ4n) is 3.22. The number of aromatic nitrogens is 3. The van der Waals surface area contributed by atoms with E-state index in [1.807, 2.05) is 55.4 Å². The standard InChI is InChI=1S/C19H21N5O/c1-13-7-8-18(22-21-13)24-11-15(12-24)23(2)19(25)9-14-10-20-17-6-4-3-5-16(14)17/h3-8,10,15,20H,9,11-12H2,1-2H3. The summed E-state index contributed by atoms with van der Waals surface area (Å²) in [4.78, 5) is 19.9. The van der Waals surface area contributed by atoms with E-state index in [0.717, 1.165) is 41.1 Å². The molecule has 6 nitrogen and oxygen atoms in total. The van der Waals surface area contributed by atoms with Gasteiger partial charge in [-0.2, -0.15) is 5.10 Å². The monoisotopic (exact) mass is 335 g/mol. The number of para-hydroxylation sites is 1. The minimum absolute atomic E-state index is 0.143. The highest BCUT2D eigenvalue weighted by Gasteiger charge is 2.33. The smallest absolute Gasteiger partial charge is 0.227 e. The lowest BCUT2D eigenvalue weighted by molar-refractivity contribution is -0.131. The molecule has 6 heteroatoms. The molecular formula is C19H21N5O. The molecule has 4 rings (SSSR count). The molecule has 1 aromatic carbocycles. The Labute approximate surface area is 146 Å². The van der Waals surface area contributed by atoms with Gasteiger partial charge in [0.1, 0.15) is 0 Å². The van der Waals surface area contributed by atoms with Gasteiger partial charge in [-0.05, 0) is 30.7 Å². The van der Waals surface area contributed by atoms with Gasteiger partial charge in [0.25, 0.3) is 0 Å². The number of aryl methyl sites for hydroxylation is 1. The highest BCUT2D eigenvalue weighted by Crippen LogP contribution is 2.23. The number of nitrogens with zero attached hydrogens (tertiary/aromatic N) is 4. The van der Waals surface area contributed by atoms with Crippen LogP contribution in [0.1, 0.15) is 11.3 Å². The SMILES string of the molecule is Cc1ccc(N2CC(N(C)C(=O)Cc3c[nH]c4ccccc34)C2)nn1. The number of hydrogen-bond acceptors (Lipinski definition) is 4. The van der Waals surface area contributed by atoms with Crippen LogP contribution >= 0.6 is 0 Å². The van der Waals surface area contributed by atoms with E-state index in [2.05, 4.69) is 26.1 Å². The third kappa shape index (κ3) is 2.95. The fourth-order valence-corrected chi connectivity index (χ4v) is 3.22. The summed E-state index contributed by atoms with van der Waals surface area (Å²) in [7, 11) is 1.89. The van der Waals surface area contributed by atoms with E-state index in [1.54, 1.807) is 0 Å². The molecule has 0 saturated carbocycles. The van der Waals surface area contributed by atoms with Crippen molar-refractivity contribution >= 4 is 22.6 Å². The van der Waals surface area contributed by atoms with Crippen molar-refractivity contribution in [3.8, 4) is 0 Å². The van der Waals surface area contributed by atoms with Crippen molar-refractivity contribution < 1.29 is 4.79 Å². The average Bonchev–Trinajstić information content (AvgIpc) is 2.98. The summed E-state index contributed by atoms with van der Waals surface area (Å²) in [6.07, 6.45) is 2.35. The number of benzene rings is 1. The van der Waals surface area contributed by atoms with Gasteiger partial charge in [0, 0.05) is 37.2 Å². The van der Waals surface area contributed by atoms with Gasteiger partial charge in [-0.25, -0.2) is 0 Å². The van der Waals surface area contributed by atoms with Crippen molar-refractivity contribution in [1.82, 2.24) is 20.1 Å². The normalized spacial score (nSPS) is 14.6. The number of rotatable bonds is 4. The highest BCUT2D eigenvalue weighted by molar-refractivity contribution is 5.89. The molecule has 0 aliphatic carbocycles. The fraction of sp³-hybridized carbons (Fsp3) is 0.316. The molecule has 0 bridgehead atoms. The Kier molecular flexibility index (Phi) is 3.87. The molecule has 0 spiro atoms. The maximum Gasteiger partial charge on any atom is 0.227 e. The molecule has 1 amide bonds. The predicted molar refractivity (Wildman–Crippen MR) is 97.5 cm³/mol. The molecule has 2 aromatic heterocycles. The van der Waals surface area contributed by atoms with E-state index in [4.69, 9.17) is 0 Å². The Morgan fingerprint density at radius 1 is 1.24 bits per heavy atom. The van der Waals surface area contributed by atoms with Crippen molar-refractivity contribution in [1.29, 1.82) is 0 Å². The number of carbonyl (C=O) groups excluding carboxylic acids is 1. The Morgan fingerprint density at radius 2 is 2.04 bits per heavy atom. The van der Waals surface area contributed by atoms with Crippen LogP contribution < -0.4 is 4.90 Å². The molecular weight excluding hydrogens is 314 g/mol. The van der Waals surface area contributed by atoms with Gasteiger partial charge in [0.15, 0.2) is 5.82 Å². The van der Waals surface area contributed by atoms with E-state index in [-0.39, 0.29) is 11.9 Å². The average molecular weight is 335 g/mol. The van der Waals surface area contributed by atoms with Crippen LogP contribution in [0.5, 0.6) is 0 Å². The molecule has 0 atom stereocenters. The zero-order valence-electron chi connectivity index (χ0n) is 14.4. The predicted octanol–water partition coefficient (Wildman–Crippen LogP) is 2.16. The van der Waals surface area contributed by atoms with Gasteiger partial charge < -0.3 is 14.8 Å². The third-order valence-electron chi connectivity index (χ3n) is 4.93. The number of likely N-dealkylation sites (N-methyl/N-ethyl adjacent to an activating group) is 1. The largest absolute Gasteiger partial charge is 0.361 e. The number of hydrogen-bond donors (Lipinski definition) is 1. The molecule has 0 unspecified atom stereocenters. The van der Waals surface area contributed by atoms with Crippen LogP contribution in [0.4, 0.5) is 5.82 Å². The summed E-state index contributed by atoms with van der Waals surface area (Å²) in [5.41, 5.74) is 3.03. The van der Waals surface area contributed by atoms with Crippen LogP contribution in [0.3, 0.4) is 0 Å². The van der Waals surface area contributed by atoms with Crippen LogP contribution in [-0.2, 0) is 11.2 Å². The summed E-state index contributed by atoms with van der Waals surface area (Å²) in [6, 6.07) is 12.2. The first kappa shape index (κ1) is 15.6. The number of H-pyrrole nitrogens is 1. The van der Waals surface area contributed by atoms with Gasteiger partial charge in [-0.1, -0.05) is 18.2 Å². The summed E-state index contributed by atoms with van der Waals surface area (Å²) < 4.78 is 0. The van der Waals surface area contributed by atoms with Gasteiger partial charge in [-0.3, -0.25) is 4.79 Å². The van der Waals surface area contributed by atoms with E-state index in [1.165, 1.54) is 0 Å². The molecule has 1 fully saturated rings. The van der Waals surface area contributed by atoms with Gasteiger partial charge in [0.05, 0.1) is 18.2 Å². The van der Waals surface area contributed by atoms with E-state index < -0.39 is 0 Å². The molecule has 3 heterocycles. The zero-order valence-corrected chi connectivity index (χ0v) is 14.4. The number of fused-ring (bicyclic) bond motifs is 1. The summed E-state index contributed by atoms with van der Waals surface area (Å²) in [5.74, 6) is 1.02. The van der Waals surface area contributed by atoms with E-state index in [0.29, 0.717) is 6.42 Å². The van der Waals surface area contributed by atoms with Gasteiger partial charge in [-0.15, -0.1) is 5.10 Å². The minimum Gasteiger partial charge on any atom is -0.361 e. The van der Waals surface area contributed by atoms with Crippen molar-refractivity contribution in [2.45, 2.75) is 19.4 Å². The second-order valence-corrected chi connectivity index (χ2v) is 6.63. The Balaban J connectivity index is 1.38. The second kappa shape index (κ2) is 6.20. The molecule has 1 aliphatic heterocycles. The Hall–Kier alpha value is -2.89. The van der Waals surface area contributed by atoms with Crippen LogP contribution in [0.2, 0.25) is 0 Å². The number of anilines is 1. The second-order valence-electron chi connectivity index (χ2n) is 6.63. The number of carbonyl (C=O) groups is 1. The quantitative estimate of drug-likeness (QED) is 0.793. The number of aromatic amines is 1. The first-order valence-electron chi connectivity index (χ1n) is 8.48. The lowest BCUT2D eigenvalue weighted by Gasteiger charge is -2.44. The Bertz CT molecular complexity index is 896. The summed E-state index contributed by atoms with van der Waals surface area (Å²) in [5, 5.41) is 9.41. The lowest BCUT2D eigenvalue weighted by atomic mass is 10.1. The zero-order chi connectivity index (χ0) is 17.4. The van der Waals surface area contributed by atoms with E-state index in [9.17, 15) is 4.79 Å². The minimum atomic E-state index is 0.143. The molecule has 1 aliphatic rings. The summed E-state index contributed by atoms with van der Waals surface area (Å²) in [6.45, 7) is 3.52. The van der Waals surface area contributed by atoms with Crippen molar-refractivity contribution in [3.63, 3.8) is 0 Å². The van der Waals surface area contributed by atoms with Crippen LogP contribution in [0.25, 0.3) is 10.9 Å². The van der Waals surface area contributed by atoms with Crippen LogP contribution in [0.15, 0.2) is 42.6 Å². The third-order valence-corrected chi connectivity index (χ3v) is 4.93. The number of nitrogens with one attached hydrogen (secondary N) is 1. The van der Waals surface area contributed by atoms with Crippen LogP contribution in [-0.4, -0.2) is 52.2 Å². The van der Waals surface area contributed by atoms with E-state index >= 15 is 0 Å². The van der Waals surface area contributed by atoms with Crippen molar-refractivity contribution in [2.75, 3.05) is 25.0 Å². The molecule has 0 radical (unpaired) electrons. The Morgan fingerprint density at radius 3 is 2.80 bits per heavy atom. The molecule has 1 saturated heterocycles. The summed E-state index contributed by atoms with van der Waals surface area (Å²) >= 11 is 0. The molecule has 3 aromatic rings. The molecule has 128 valence electrons. The topological polar surface area (TPSA) is 65.1 Å². The first-order valence-corrected chi connectivity index (χ1v) is 8.48. The maximum atomic E-state index is 12.6. The highest BCUT2D eigenvalue weighted by atomic mass is 16.2. The van der Waals surface area contributed by atoms with Gasteiger partial charge >= 0.3 is 0 Å². The van der Waals surface area contributed by atoms with Crippen LogP contribution in [0, 0.1) is 6.92 Å². The first-order chi connectivity index (χ1) is 12.1. The lowest BCUT2D eigenvalue weighted by Crippen LogP contribution is -2.60. The van der Waals surface area contributed by atoms with Crippen molar-refractivity contribution in [2.24, 2.45) is 0 Å². The molecule has 1 N–H and O–H groups in total. The molecule has 25 heavy (non-hydrogen) atoms. The van der Waals surface area contributed by atoms with Crippen molar-refractivity contribution in [3.05, 3.63) is 53.9 Å².